The Morgan fingerprint density at radius 2 is 1.80 bits per heavy atom. The molecule has 0 aromatic heterocycles. The quantitative estimate of drug-likeness (QED) is 0.810. The van der Waals surface area contributed by atoms with Gasteiger partial charge in [0.05, 0.1) is 0 Å². The molecule has 3 nitrogen and oxygen atoms in total. The number of benzene rings is 1. The molecule has 0 heterocycles. The average Bonchev–Trinajstić information content (AvgIpc) is 3.17. The Labute approximate surface area is 121 Å². The van der Waals surface area contributed by atoms with Gasteiger partial charge in [-0.05, 0) is 51.2 Å². The van der Waals surface area contributed by atoms with Crippen LogP contribution in [-0.2, 0) is 22.5 Å². The van der Waals surface area contributed by atoms with E-state index in [1.165, 1.54) is 24.0 Å². The number of nitrogens with one attached hydrogen (secondary N) is 1. The zero-order valence-corrected chi connectivity index (χ0v) is 12.7. The van der Waals surface area contributed by atoms with Gasteiger partial charge in [-0.15, -0.1) is 0 Å². The van der Waals surface area contributed by atoms with Crippen molar-refractivity contribution in [2.45, 2.75) is 64.6 Å². The third kappa shape index (κ3) is 5.74. The Morgan fingerprint density at radius 1 is 1.20 bits per heavy atom. The number of esters is 1. The van der Waals surface area contributed by atoms with E-state index in [0.29, 0.717) is 6.42 Å². The highest BCUT2D eigenvalue weighted by molar-refractivity contribution is 5.70. The maximum atomic E-state index is 11.7. The second-order valence-corrected chi connectivity index (χ2v) is 6.56. The third-order valence-electron chi connectivity index (χ3n) is 3.23. The van der Waals surface area contributed by atoms with Gasteiger partial charge >= 0.3 is 5.97 Å². The molecule has 20 heavy (non-hydrogen) atoms. The predicted molar refractivity (Wildman–Crippen MR) is 80.5 cm³/mol. The van der Waals surface area contributed by atoms with Crippen molar-refractivity contribution in [3.63, 3.8) is 0 Å². The van der Waals surface area contributed by atoms with Gasteiger partial charge in [0.2, 0.25) is 0 Å². The summed E-state index contributed by atoms with van der Waals surface area (Å²) in [6.45, 7) is 6.63. The molecular formula is C17H25NO2. The maximum absolute atomic E-state index is 11.7. The Hall–Kier alpha value is -1.35. The topological polar surface area (TPSA) is 38.3 Å². The molecule has 0 bridgehead atoms. The van der Waals surface area contributed by atoms with Gasteiger partial charge in [-0.1, -0.05) is 24.3 Å². The molecule has 0 saturated heterocycles. The largest absolute Gasteiger partial charge is 0.460 e. The zero-order chi connectivity index (χ0) is 14.6. The van der Waals surface area contributed by atoms with Crippen molar-refractivity contribution in [2.75, 3.05) is 0 Å². The van der Waals surface area contributed by atoms with Gasteiger partial charge in [0.25, 0.3) is 0 Å². The second-order valence-electron chi connectivity index (χ2n) is 6.56. The van der Waals surface area contributed by atoms with Crippen LogP contribution in [0.4, 0.5) is 0 Å². The van der Waals surface area contributed by atoms with Crippen LogP contribution in [0.2, 0.25) is 0 Å². The minimum atomic E-state index is -0.393. The standard InChI is InChI=1S/C17H25NO2/c1-17(2,3)20-16(19)11-8-13-4-6-14(7-5-13)12-18-15-9-10-15/h4-7,15,18H,8-12H2,1-3H3. The summed E-state index contributed by atoms with van der Waals surface area (Å²) in [7, 11) is 0. The van der Waals surface area contributed by atoms with Crippen LogP contribution < -0.4 is 5.32 Å². The molecule has 1 fully saturated rings. The summed E-state index contributed by atoms with van der Waals surface area (Å²) in [4.78, 5) is 11.7. The monoisotopic (exact) mass is 275 g/mol. The molecule has 1 saturated carbocycles. The Morgan fingerprint density at radius 3 is 2.35 bits per heavy atom. The molecule has 0 aliphatic heterocycles. The minimum Gasteiger partial charge on any atom is -0.460 e. The number of aryl methyl sites for hydroxylation is 1. The molecule has 1 aliphatic rings. The first-order valence-corrected chi connectivity index (χ1v) is 7.45. The average molecular weight is 275 g/mol. The van der Waals surface area contributed by atoms with Crippen molar-refractivity contribution in [3.8, 4) is 0 Å². The number of ether oxygens (including phenoxy) is 1. The number of carbonyl (C=O) groups excluding carboxylic acids is 1. The van der Waals surface area contributed by atoms with Gasteiger partial charge in [0.1, 0.15) is 5.60 Å². The van der Waals surface area contributed by atoms with Crippen LogP contribution in [0.3, 0.4) is 0 Å². The van der Waals surface area contributed by atoms with Crippen LogP contribution in [0.25, 0.3) is 0 Å². The van der Waals surface area contributed by atoms with E-state index in [-0.39, 0.29) is 5.97 Å². The van der Waals surface area contributed by atoms with Crippen LogP contribution >= 0.6 is 0 Å². The molecule has 0 atom stereocenters. The lowest BCUT2D eigenvalue weighted by atomic mass is 10.1. The first kappa shape index (κ1) is 15.0. The second kappa shape index (κ2) is 6.40. The summed E-state index contributed by atoms with van der Waals surface area (Å²) in [6.07, 6.45) is 3.81. The molecule has 110 valence electrons. The molecule has 2 rings (SSSR count). The van der Waals surface area contributed by atoms with Crippen LogP contribution in [0.5, 0.6) is 0 Å². The van der Waals surface area contributed by atoms with E-state index in [9.17, 15) is 4.79 Å². The molecule has 0 amide bonds. The van der Waals surface area contributed by atoms with Crippen molar-refractivity contribution >= 4 is 5.97 Å². The summed E-state index contributed by atoms with van der Waals surface area (Å²) in [6, 6.07) is 9.23. The van der Waals surface area contributed by atoms with E-state index in [0.717, 1.165) is 19.0 Å². The molecule has 1 aromatic carbocycles. The fraction of sp³-hybridized carbons (Fsp3) is 0.588. The zero-order valence-electron chi connectivity index (χ0n) is 12.7. The minimum absolute atomic E-state index is 0.128. The Kier molecular flexibility index (Phi) is 4.81. The molecule has 1 aromatic rings. The number of hydrogen-bond acceptors (Lipinski definition) is 3. The van der Waals surface area contributed by atoms with E-state index < -0.39 is 5.60 Å². The number of carbonyl (C=O) groups is 1. The van der Waals surface area contributed by atoms with Crippen molar-refractivity contribution in [2.24, 2.45) is 0 Å². The summed E-state index contributed by atoms with van der Waals surface area (Å²) in [5.74, 6) is -0.128. The van der Waals surface area contributed by atoms with Crippen molar-refractivity contribution < 1.29 is 9.53 Å². The summed E-state index contributed by atoms with van der Waals surface area (Å²) < 4.78 is 5.31. The van der Waals surface area contributed by atoms with Gasteiger partial charge < -0.3 is 10.1 Å². The summed E-state index contributed by atoms with van der Waals surface area (Å²) in [5, 5.41) is 3.49. The van der Waals surface area contributed by atoms with Crippen molar-refractivity contribution in [3.05, 3.63) is 35.4 Å². The highest BCUT2D eigenvalue weighted by atomic mass is 16.6. The molecule has 1 aliphatic carbocycles. The van der Waals surface area contributed by atoms with Crippen LogP contribution in [0, 0.1) is 0 Å². The highest BCUT2D eigenvalue weighted by Crippen LogP contribution is 2.19. The van der Waals surface area contributed by atoms with Gasteiger partial charge in [-0.2, -0.15) is 0 Å². The Balaban J connectivity index is 1.73. The summed E-state index contributed by atoms with van der Waals surface area (Å²) in [5.41, 5.74) is 2.10. The number of hydrogen-bond donors (Lipinski definition) is 1. The fourth-order valence-corrected chi connectivity index (χ4v) is 2.01. The third-order valence-corrected chi connectivity index (χ3v) is 3.23. The smallest absolute Gasteiger partial charge is 0.306 e. The lowest BCUT2D eigenvalue weighted by molar-refractivity contribution is -0.154. The van der Waals surface area contributed by atoms with Crippen molar-refractivity contribution in [1.82, 2.24) is 5.32 Å². The van der Waals surface area contributed by atoms with Crippen LogP contribution in [-0.4, -0.2) is 17.6 Å². The molecule has 0 unspecified atom stereocenters. The van der Waals surface area contributed by atoms with Gasteiger partial charge in [-0.25, -0.2) is 0 Å². The van der Waals surface area contributed by atoms with Gasteiger partial charge in [0, 0.05) is 19.0 Å². The van der Waals surface area contributed by atoms with E-state index in [1.807, 2.05) is 20.8 Å². The van der Waals surface area contributed by atoms with Gasteiger partial charge in [0.15, 0.2) is 0 Å². The molecule has 3 heteroatoms. The SMILES string of the molecule is CC(C)(C)OC(=O)CCc1ccc(CNC2CC2)cc1. The predicted octanol–water partition coefficient (Wildman–Crippen LogP) is 3.21. The lowest BCUT2D eigenvalue weighted by Crippen LogP contribution is -2.24. The highest BCUT2D eigenvalue weighted by Gasteiger charge is 2.19. The van der Waals surface area contributed by atoms with Crippen molar-refractivity contribution in [1.29, 1.82) is 0 Å². The Bertz CT molecular complexity index is 441. The molecule has 0 spiro atoms. The molecule has 0 radical (unpaired) electrons. The van der Waals surface area contributed by atoms with Crippen LogP contribution in [0.1, 0.15) is 51.2 Å². The fourth-order valence-electron chi connectivity index (χ4n) is 2.01. The summed E-state index contributed by atoms with van der Waals surface area (Å²) >= 11 is 0. The van der Waals surface area contributed by atoms with E-state index in [4.69, 9.17) is 4.74 Å². The van der Waals surface area contributed by atoms with Gasteiger partial charge in [-0.3, -0.25) is 4.79 Å². The first-order valence-electron chi connectivity index (χ1n) is 7.45. The van der Waals surface area contributed by atoms with E-state index in [1.54, 1.807) is 0 Å². The maximum Gasteiger partial charge on any atom is 0.306 e. The van der Waals surface area contributed by atoms with Crippen LogP contribution in [0.15, 0.2) is 24.3 Å². The number of rotatable bonds is 6. The lowest BCUT2D eigenvalue weighted by Gasteiger charge is -2.19. The van der Waals surface area contributed by atoms with E-state index >= 15 is 0 Å². The first-order chi connectivity index (χ1) is 9.42. The van der Waals surface area contributed by atoms with E-state index in [2.05, 4.69) is 29.6 Å². The normalized spacial score (nSPS) is 15.2. The molecular weight excluding hydrogens is 250 g/mol. The molecule has 1 N–H and O–H groups in total.